The fraction of sp³-hybridized carbons (Fsp3) is 0.522. The second-order valence-corrected chi connectivity index (χ2v) is 22.4. The Bertz CT molecular complexity index is 3410. The minimum Gasteiger partial charge on any atom is -0.493 e. The lowest BCUT2D eigenvalue weighted by Gasteiger charge is -2.50. The SMILES string of the molecule is CCCc1nn(C)c2c(=O)[nH]c(-c3cc(S(=O)(=O)N4CC(N5CC(O)C5)C4)ccc3OCC)nc12.CCCc1nn(C)c2c(=O)[nH]c(-c3cc(S(=O)(=O)N4CC(N5CC(O[N+](=O)[O-])C5)C4)ccc3OCC)nc12. The monoisotopic (exact) mass is 1050 g/mol. The van der Waals surface area contributed by atoms with Gasteiger partial charge in [-0.15, -0.1) is 10.1 Å². The molecule has 0 bridgehead atoms. The molecule has 0 amide bonds. The Hall–Kier alpha value is -6.36. The molecule has 0 atom stereocenters. The Labute approximate surface area is 419 Å². The minimum absolute atomic E-state index is 0.0263. The summed E-state index contributed by atoms with van der Waals surface area (Å²) in [5, 5.41) is 28.1. The fourth-order valence-corrected chi connectivity index (χ4v) is 12.6. The van der Waals surface area contributed by atoms with Crippen LogP contribution in [0.5, 0.6) is 11.5 Å². The first-order chi connectivity index (χ1) is 34.8. The van der Waals surface area contributed by atoms with Crippen molar-refractivity contribution in [3.8, 4) is 34.3 Å². The van der Waals surface area contributed by atoms with Gasteiger partial charge >= 0.3 is 0 Å². The molecule has 27 heteroatoms. The maximum atomic E-state index is 13.4. The molecule has 8 heterocycles. The Morgan fingerprint density at radius 2 is 1.08 bits per heavy atom. The second kappa shape index (κ2) is 20.5. The van der Waals surface area contributed by atoms with Gasteiger partial charge in [0.15, 0.2) is 11.0 Å². The molecule has 4 aliphatic heterocycles. The van der Waals surface area contributed by atoms with Gasteiger partial charge in [-0.1, -0.05) is 26.7 Å². The van der Waals surface area contributed by atoms with Gasteiger partial charge in [0.05, 0.1) is 51.6 Å². The lowest BCUT2D eigenvalue weighted by Crippen LogP contribution is -2.67. The fourth-order valence-electron chi connectivity index (χ4n) is 9.56. The average molecular weight is 1050 g/mol. The summed E-state index contributed by atoms with van der Waals surface area (Å²) in [6, 6.07) is 9.26. The van der Waals surface area contributed by atoms with Crippen molar-refractivity contribution in [2.75, 3.05) is 65.6 Å². The molecule has 2 aromatic carbocycles. The zero-order valence-corrected chi connectivity index (χ0v) is 43.0. The van der Waals surface area contributed by atoms with Gasteiger partial charge in [0.25, 0.3) is 16.2 Å². The molecule has 4 aliphatic rings. The molecule has 73 heavy (non-hydrogen) atoms. The lowest BCUT2D eigenvalue weighted by atomic mass is 10.0. The summed E-state index contributed by atoms with van der Waals surface area (Å²) < 4.78 is 70.8. The zero-order chi connectivity index (χ0) is 52.1. The third kappa shape index (κ3) is 9.93. The highest BCUT2D eigenvalue weighted by Gasteiger charge is 2.45. The van der Waals surface area contributed by atoms with Crippen LogP contribution in [0.4, 0.5) is 0 Å². The molecule has 392 valence electrons. The van der Waals surface area contributed by atoms with Crippen LogP contribution in [0.15, 0.2) is 55.8 Å². The predicted octanol–water partition coefficient (Wildman–Crippen LogP) is 1.66. The van der Waals surface area contributed by atoms with Gasteiger partial charge in [-0.05, 0) is 63.1 Å². The molecular weight excluding hydrogens is 991 g/mol. The molecule has 10 rings (SSSR count). The summed E-state index contributed by atoms with van der Waals surface area (Å²) in [5.41, 5.74) is 3.17. The average Bonchev–Trinajstić information content (AvgIpc) is 3.78. The first kappa shape index (κ1) is 51.5. The van der Waals surface area contributed by atoms with Crippen molar-refractivity contribution < 1.29 is 41.3 Å². The Morgan fingerprint density at radius 1 is 0.671 bits per heavy atom. The van der Waals surface area contributed by atoms with Gasteiger partial charge in [0.1, 0.15) is 40.3 Å². The third-order valence-corrected chi connectivity index (χ3v) is 17.1. The van der Waals surface area contributed by atoms with Crippen LogP contribution in [0.25, 0.3) is 44.8 Å². The predicted molar refractivity (Wildman–Crippen MR) is 266 cm³/mol. The van der Waals surface area contributed by atoms with Gasteiger partial charge in [0.2, 0.25) is 20.0 Å². The number of sulfonamides is 2. The summed E-state index contributed by atoms with van der Waals surface area (Å²) in [7, 11) is -4.19. The number of hydrogen-bond acceptors (Lipinski definition) is 18. The van der Waals surface area contributed by atoms with E-state index in [4.69, 9.17) is 14.5 Å². The number of nitrogens with zero attached hydrogens (tertiary/aromatic N) is 11. The molecule has 0 saturated carbocycles. The van der Waals surface area contributed by atoms with Crippen molar-refractivity contribution in [3.63, 3.8) is 0 Å². The third-order valence-electron chi connectivity index (χ3n) is 13.5. The highest BCUT2D eigenvalue weighted by molar-refractivity contribution is 7.89. The van der Waals surface area contributed by atoms with Crippen molar-refractivity contribution in [1.29, 1.82) is 0 Å². The Morgan fingerprint density at radius 3 is 1.45 bits per heavy atom. The number of aromatic nitrogens is 8. The van der Waals surface area contributed by atoms with E-state index in [0.717, 1.165) is 18.5 Å². The quantitative estimate of drug-likeness (QED) is 0.0815. The van der Waals surface area contributed by atoms with E-state index in [1.807, 2.05) is 32.6 Å². The number of likely N-dealkylation sites (tertiary alicyclic amines) is 2. The summed E-state index contributed by atoms with van der Waals surface area (Å²) in [5.74, 6) is 1.27. The number of fused-ring (bicyclic) bond motifs is 2. The van der Waals surface area contributed by atoms with Gasteiger partial charge in [0, 0.05) is 78.5 Å². The number of aryl methyl sites for hydroxylation is 4. The molecule has 0 spiro atoms. The van der Waals surface area contributed by atoms with Crippen molar-refractivity contribution in [2.24, 2.45) is 14.1 Å². The van der Waals surface area contributed by atoms with Crippen LogP contribution >= 0.6 is 0 Å². The number of aliphatic hydroxyl groups excluding tert-OH is 1. The molecule has 0 aliphatic carbocycles. The van der Waals surface area contributed by atoms with Crippen molar-refractivity contribution in [3.05, 3.63) is 78.6 Å². The summed E-state index contributed by atoms with van der Waals surface area (Å²) >= 11 is 0. The maximum absolute atomic E-state index is 13.4. The van der Waals surface area contributed by atoms with Crippen LogP contribution in [0.2, 0.25) is 0 Å². The van der Waals surface area contributed by atoms with Gasteiger partial charge in [-0.2, -0.15) is 18.8 Å². The van der Waals surface area contributed by atoms with E-state index in [1.165, 1.54) is 42.2 Å². The second-order valence-electron chi connectivity index (χ2n) is 18.5. The number of rotatable bonds is 18. The van der Waals surface area contributed by atoms with Crippen LogP contribution in [0.3, 0.4) is 0 Å². The topological polar surface area (TPSA) is 299 Å². The first-order valence-electron chi connectivity index (χ1n) is 24.3. The number of hydrogen-bond donors (Lipinski definition) is 3. The van der Waals surface area contributed by atoms with Gasteiger partial charge in [-0.25, -0.2) is 26.8 Å². The standard InChI is InChI=1S/C23H29N7O7S.C23H30N6O5S/c1-4-6-18-20-21(27(3)26-18)23(31)25-22(24-20)17-9-16(7-8-19(17)36-5-2)38(34,35)29-10-14(11-29)28-12-15(13-28)37-30(32)33;1-4-6-18-20-21(27(3)26-18)23(31)25-22(24-20)17-9-16(7-8-19(17)34-5-2)35(32,33)29-10-14(11-29)28-12-15(30)13-28/h7-9,14-15H,4-6,10-13H2,1-3H3,(H,24,25,31);7-9,14-15,30H,4-6,10-13H2,1-3H3,(H,24,25,31). The highest BCUT2D eigenvalue weighted by Crippen LogP contribution is 2.36. The zero-order valence-electron chi connectivity index (χ0n) is 41.3. The molecule has 0 radical (unpaired) electrons. The van der Waals surface area contributed by atoms with E-state index < -0.39 is 31.2 Å². The summed E-state index contributed by atoms with van der Waals surface area (Å²) in [6.07, 6.45) is 2.19. The number of ether oxygens (including phenoxy) is 2. The van der Waals surface area contributed by atoms with Crippen LogP contribution in [-0.2, 0) is 51.8 Å². The van der Waals surface area contributed by atoms with Crippen molar-refractivity contribution in [1.82, 2.24) is 57.9 Å². The number of β-amino-alcohol motifs (C(OH)–C–C–N with tert-alkyl or cyclic N) is 1. The van der Waals surface area contributed by atoms with Crippen LogP contribution in [0, 0.1) is 10.1 Å². The van der Waals surface area contributed by atoms with E-state index in [-0.39, 0.29) is 63.8 Å². The number of H-pyrrole nitrogens is 2. The first-order valence-corrected chi connectivity index (χ1v) is 27.2. The number of aromatic amines is 2. The minimum atomic E-state index is -3.84. The molecule has 4 saturated heterocycles. The smallest absolute Gasteiger partial charge is 0.294 e. The molecule has 4 aromatic heterocycles. The highest BCUT2D eigenvalue weighted by atomic mass is 32.2. The number of nitrogens with one attached hydrogen (secondary N) is 2. The largest absolute Gasteiger partial charge is 0.493 e. The van der Waals surface area contributed by atoms with E-state index in [2.05, 4.69) is 34.9 Å². The molecule has 6 aromatic rings. The normalized spacial score (nSPS) is 17.7. The van der Waals surface area contributed by atoms with Gasteiger partial charge in [-0.3, -0.25) is 28.8 Å². The van der Waals surface area contributed by atoms with E-state index >= 15 is 0 Å². The Kier molecular flexibility index (Phi) is 14.5. The van der Waals surface area contributed by atoms with Gasteiger partial charge < -0.3 is 29.4 Å². The molecule has 3 N–H and O–H groups in total. The van der Waals surface area contributed by atoms with E-state index in [0.29, 0.717) is 116 Å². The molecular formula is C46H59N13O12S2. The molecule has 0 unspecified atom stereocenters. The summed E-state index contributed by atoms with van der Waals surface area (Å²) in [6.45, 7) is 11.7. The van der Waals surface area contributed by atoms with Crippen molar-refractivity contribution >= 4 is 42.1 Å². The van der Waals surface area contributed by atoms with Crippen LogP contribution < -0.4 is 20.6 Å². The Balaban J connectivity index is 0.000000180. The van der Waals surface area contributed by atoms with Crippen LogP contribution in [-0.4, -0.2) is 175 Å². The molecule has 25 nitrogen and oxygen atoms in total. The number of aliphatic hydroxyl groups is 1. The number of benzene rings is 2. The van der Waals surface area contributed by atoms with E-state index in [9.17, 15) is 41.6 Å². The maximum Gasteiger partial charge on any atom is 0.294 e. The lowest BCUT2D eigenvalue weighted by molar-refractivity contribution is -0.771. The molecule has 4 fully saturated rings. The van der Waals surface area contributed by atoms with E-state index in [1.54, 1.807) is 26.2 Å². The van der Waals surface area contributed by atoms with Crippen LogP contribution in [0.1, 0.15) is 51.9 Å². The van der Waals surface area contributed by atoms with Crippen molar-refractivity contribution in [2.45, 2.75) is 87.5 Å². The summed E-state index contributed by atoms with van der Waals surface area (Å²) in [4.78, 5) is 60.1.